The van der Waals surface area contributed by atoms with Gasteiger partial charge < -0.3 is 9.64 Å². The van der Waals surface area contributed by atoms with Crippen LogP contribution in [0.25, 0.3) is 0 Å². The molecule has 0 aliphatic carbocycles. The maximum Gasteiger partial charge on any atom is 0.122 e. The summed E-state index contributed by atoms with van der Waals surface area (Å²) in [5.74, 6) is 1.07. The molecule has 15 heavy (non-hydrogen) atoms. The largest absolute Gasteiger partial charge is 0.493 e. The van der Waals surface area contributed by atoms with Crippen molar-refractivity contribution >= 4 is 5.69 Å². The molecule has 1 aromatic rings. The minimum Gasteiger partial charge on any atom is -0.493 e. The SMILES string of the molecule is CC(C)N(C)c1ccc2c(c1)CCCO2. The Morgan fingerprint density at radius 2 is 2.13 bits per heavy atom. The fourth-order valence-corrected chi connectivity index (χ4v) is 1.86. The van der Waals surface area contributed by atoms with Gasteiger partial charge in [-0.05, 0) is 50.5 Å². The third-order valence-corrected chi connectivity index (χ3v) is 3.07. The zero-order chi connectivity index (χ0) is 10.8. The van der Waals surface area contributed by atoms with E-state index in [0.29, 0.717) is 6.04 Å². The lowest BCUT2D eigenvalue weighted by atomic mass is 10.1. The predicted molar refractivity (Wildman–Crippen MR) is 63.8 cm³/mol. The van der Waals surface area contributed by atoms with Crippen molar-refractivity contribution in [3.05, 3.63) is 23.8 Å². The van der Waals surface area contributed by atoms with Crippen LogP contribution in [0.1, 0.15) is 25.8 Å². The van der Waals surface area contributed by atoms with E-state index in [-0.39, 0.29) is 0 Å². The van der Waals surface area contributed by atoms with E-state index < -0.39 is 0 Å². The van der Waals surface area contributed by atoms with Gasteiger partial charge in [0.25, 0.3) is 0 Å². The van der Waals surface area contributed by atoms with Gasteiger partial charge in [0, 0.05) is 18.8 Å². The molecule has 1 aromatic carbocycles. The highest BCUT2D eigenvalue weighted by Gasteiger charge is 2.12. The first kappa shape index (κ1) is 10.3. The van der Waals surface area contributed by atoms with Gasteiger partial charge in [0.1, 0.15) is 5.75 Å². The van der Waals surface area contributed by atoms with E-state index in [2.05, 4.69) is 44.0 Å². The van der Waals surface area contributed by atoms with E-state index in [1.807, 2.05) is 0 Å². The average Bonchev–Trinajstić information content (AvgIpc) is 2.27. The van der Waals surface area contributed by atoms with Crippen LogP contribution in [0.3, 0.4) is 0 Å². The van der Waals surface area contributed by atoms with Gasteiger partial charge in [0.2, 0.25) is 0 Å². The van der Waals surface area contributed by atoms with Crippen molar-refractivity contribution in [2.75, 3.05) is 18.6 Å². The summed E-state index contributed by atoms with van der Waals surface area (Å²) >= 11 is 0. The van der Waals surface area contributed by atoms with Gasteiger partial charge in [-0.15, -0.1) is 0 Å². The van der Waals surface area contributed by atoms with Crippen LogP contribution in [-0.4, -0.2) is 19.7 Å². The lowest BCUT2D eigenvalue weighted by molar-refractivity contribution is 0.288. The van der Waals surface area contributed by atoms with Crippen molar-refractivity contribution in [1.29, 1.82) is 0 Å². The number of anilines is 1. The van der Waals surface area contributed by atoms with E-state index >= 15 is 0 Å². The normalized spacial score (nSPS) is 14.7. The Bertz CT molecular complexity index is 346. The Kier molecular flexibility index (Phi) is 2.85. The average molecular weight is 205 g/mol. The molecule has 1 aliphatic rings. The van der Waals surface area contributed by atoms with Crippen LogP contribution in [-0.2, 0) is 6.42 Å². The Morgan fingerprint density at radius 3 is 2.87 bits per heavy atom. The van der Waals surface area contributed by atoms with Gasteiger partial charge in [0.05, 0.1) is 6.61 Å². The topological polar surface area (TPSA) is 12.5 Å². The molecule has 0 unspecified atom stereocenters. The van der Waals surface area contributed by atoms with Gasteiger partial charge >= 0.3 is 0 Å². The van der Waals surface area contributed by atoms with E-state index in [0.717, 1.165) is 25.2 Å². The number of hydrogen-bond donors (Lipinski definition) is 0. The third kappa shape index (κ3) is 2.09. The quantitative estimate of drug-likeness (QED) is 0.736. The number of rotatable bonds is 2. The van der Waals surface area contributed by atoms with Crippen LogP contribution in [0.5, 0.6) is 5.75 Å². The zero-order valence-electron chi connectivity index (χ0n) is 9.79. The maximum atomic E-state index is 5.60. The second kappa shape index (κ2) is 4.13. The van der Waals surface area contributed by atoms with E-state index in [1.54, 1.807) is 0 Å². The first-order valence-corrected chi connectivity index (χ1v) is 5.67. The van der Waals surface area contributed by atoms with Gasteiger partial charge in [-0.1, -0.05) is 0 Å². The molecule has 2 nitrogen and oxygen atoms in total. The van der Waals surface area contributed by atoms with Crippen molar-refractivity contribution in [3.63, 3.8) is 0 Å². The minimum absolute atomic E-state index is 0.535. The summed E-state index contributed by atoms with van der Waals surface area (Å²) in [5, 5.41) is 0. The number of benzene rings is 1. The monoisotopic (exact) mass is 205 g/mol. The zero-order valence-corrected chi connectivity index (χ0v) is 9.79. The number of ether oxygens (including phenoxy) is 1. The van der Waals surface area contributed by atoms with E-state index in [4.69, 9.17) is 4.74 Å². The third-order valence-electron chi connectivity index (χ3n) is 3.07. The van der Waals surface area contributed by atoms with Crippen LogP contribution >= 0.6 is 0 Å². The van der Waals surface area contributed by atoms with Gasteiger partial charge in [-0.3, -0.25) is 0 Å². The lowest BCUT2D eigenvalue weighted by Crippen LogP contribution is -2.25. The molecule has 2 heteroatoms. The second-order valence-corrected chi connectivity index (χ2v) is 4.45. The molecular weight excluding hydrogens is 186 g/mol. The van der Waals surface area contributed by atoms with Gasteiger partial charge in [-0.2, -0.15) is 0 Å². The Morgan fingerprint density at radius 1 is 1.33 bits per heavy atom. The molecule has 0 fully saturated rings. The summed E-state index contributed by atoms with van der Waals surface area (Å²) in [4.78, 5) is 2.29. The fourth-order valence-electron chi connectivity index (χ4n) is 1.86. The molecule has 82 valence electrons. The smallest absolute Gasteiger partial charge is 0.122 e. The van der Waals surface area contributed by atoms with Crippen LogP contribution in [0.2, 0.25) is 0 Å². The lowest BCUT2D eigenvalue weighted by Gasteiger charge is -2.26. The molecule has 1 heterocycles. The van der Waals surface area contributed by atoms with E-state index in [9.17, 15) is 0 Å². The number of nitrogens with zero attached hydrogens (tertiary/aromatic N) is 1. The predicted octanol–water partition coefficient (Wildman–Crippen LogP) is 2.86. The molecule has 0 saturated heterocycles. The van der Waals surface area contributed by atoms with Crippen molar-refractivity contribution in [1.82, 2.24) is 0 Å². The Balaban J connectivity index is 2.27. The summed E-state index contributed by atoms with van der Waals surface area (Å²) in [5.41, 5.74) is 2.64. The molecule has 0 amide bonds. The van der Waals surface area contributed by atoms with Crippen LogP contribution in [0.4, 0.5) is 5.69 Å². The molecule has 0 spiro atoms. The summed E-state index contributed by atoms with van der Waals surface area (Å²) in [7, 11) is 2.13. The van der Waals surface area contributed by atoms with Crippen molar-refractivity contribution in [3.8, 4) is 5.75 Å². The van der Waals surface area contributed by atoms with Crippen molar-refractivity contribution in [2.45, 2.75) is 32.7 Å². The molecule has 0 aromatic heterocycles. The molecule has 0 N–H and O–H groups in total. The summed E-state index contributed by atoms with van der Waals surface area (Å²) < 4.78 is 5.60. The second-order valence-electron chi connectivity index (χ2n) is 4.45. The van der Waals surface area contributed by atoms with Crippen LogP contribution in [0, 0.1) is 0 Å². The van der Waals surface area contributed by atoms with Crippen molar-refractivity contribution < 1.29 is 4.74 Å². The minimum atomic E-state index is 0.535. The first-order valence-electron chi connectivity index (χ1n) is 5.67. The maximum absolute atomic E-state index is 5.60. The first-order chi connectivity index (χ1) is 7.18. The number of hydrogen-bond acceptors (Lipinski definition) is 2. The molecule has 1 aliphatic heterocycles. The number of fused-ring (bicyclic) bond motifs is 1. The highest BCUT2D eigenvalue weighted by molar-refractivity contribution is 5.53. The number of aryl methyl sites for hydroxylation is 1. The highest BCUT2D eigenvalue weighted by atomic mass is 16.5. The molecular formula is C13H19NO. The summed E-state index contributed by atoms with van der Waals surface area (Å²) in [6.07, 6.45) is 2.29. The van der Waals surface area contributed by atoms with Gasteiger partial charge in [-0.25, -0.2) is 0 Å². The molecule has 0 atom stereocenters. The Labute approximate surface area is 91.9 Å². The van der Waals surface area contributed by atoms with Crippen molar-refractivity contribution in [2.24, 2.45) is 0 Å². The molecule has 0 saturated carbocycles. The molecule has 0 bridgehead atoms. The molecule has 2 rings (SSSR count). The van der Waals surface area contributed by atoms with E-state index in [1.165, 1.54) is 11.3 Å². The highest BCUT2D eigenvalue weighted by Crippen LogP contribution is 2.29. The van der Waals surface area contributed by atoms with Crippen LogP contribution < -0.4 is 9.64 Å². The van der Waals surface area contributed by atoms with Gasteiger partial charge in [0.15, 0.2) is 0 Å². The Hall–Kier alpha value is -1.18. The summed E-state index contributed by atoms with van der Waals surface area (Å²) in [6, 6.07) is 7.04. The summed E-state index contributed by atoms with van der Waals surface area (Å²) in [6.45, 7) is 5.28. The molecule has 0 radical (unpaired) electrons. The standard InChI is InChI=1S/C13H19NO/c1-10(2)14(3)12-6-7-13-11(9-12)5-4-8-15-13/h6-7,9-10H,4-5,8H2,1-3H3. The fraction of sp³-hybridized carbons (Fsp3) is 0.538. The van der Waals surface area contributed by atoms with Crippen LogP contribution in [0.15, 0.2) is 18.2 Å².